The molecule has 1 aliphatic carbocycles. The summed E-state index contributed by atoms with van der Waals surface area (Å²) in [5.74, 6) is -0.0908. The molecule has 5 heteroatoms. The first-order valence-electron chi connectivity index (χ1n) is 6.83. The van der Waals surface area contributed by atoms with Crippen molar-refractivity contribution in [2.45, 2.75) is 24.7 Å². The fraction of sp³-hybridized carbons (Fsp3) is 0.250. The SMILES string of the molecule is O=C(O)C1(c2ccc(Nc3cccc(Cl)c3)nc2)CCC1. The molecule has 3 rings (SSSR count). The van der Waals surface area contributed by atoms with Crippen molar-refractivity contribution in [1.82, 2.24) is 4.98 Å². The van der Waals surface area contributed by atoms with Gasteiger partial charge in [0.2, 0.25) is 0 Å². The van der Waals surface area contributed by atoms with Crippen molar-refractivity contribution in [2.24, 2.45) is 0 Å². The van der Waals surface area contributed by atoms with Crippen LogP contribution in [0.25, 0.3) is 0 Å². The molecule has 0 amide bonds. The second kappa shape index (κ2) is 5.37. The van der Waals surface area contributed by atoms with Gasteiger partial charge >= 0.3 is 5.97 Å². The molecule has 21 heavy (non-hydrogen) atoms. The molecule has 0 bridgehead atoms. The Hall–Kier alpha value is -2.07. The number of aromatic nitrogens is 1. The van der Waals surface area contributed by atoms with Crippen LogP contribution in [-0.4, -0.2) is 16.1 Å². The van der Waals surface area contributed by atoms with Gasteiger partial charge in [0.05, 0.1) is 5.41 Å². The fourth-order valence-electron chi connectivity index (χ4n) is 2.62. The molecular weight excluding hydrogens is 288 g/mol. The number of benzene rings is 1. The van der Waals surface area contributed by atoms with E-state index in [1.165, 1.54) is 0 Å². The van der Waals surface area contributed by atoms with Crippen LogP contribution in [0.2, 0.25) is 5.02 Å². The Bertz CT molecular complexity index is 666. The molecule has 1 aromatic carbocycles. The van der Waals surface area contributed by atoms with Gasteiger partial charge in [-0.05, 0) is 42.7 Å². The number of carbonyl (C=O) groups is 1. The second-order valence-corrected chi connectivity index (χ2v) is 5.74. The molecule has 0 atom stereocenters. The number of carboxylic acids is 1. The lowest BCUT2D eigenvalue weighted by molar-refractivity contribution is -0.147. The Morgan fingerprint density at radius 2 is 2.10 bits per heavy atom. The maximum absolute atomic E-state index is 11.5. The highest BCUT2D eigenvalue weighted by molar-refractivity contribution is 6.30. The third-order valence-corrected chi connectivity index (χ3v) is 4.26. The molecule has 2 aromatic rings. The van der Waals surface area contributed by atoms with Crippen molar-refractivity contribution in [3.63, 3.8) is 0 Å². The highest BCUT2D eigenvalue weighted by atomic mass is 35.5. The first kappa shape index (κ1) is 13.9. The summed E-state index contributed by atoms with van der Waals surface area (Å²) in [6.45, 7) is 0. The van der Waals surface area contributed by atoms with E-state index in [-0.39, 0.29) is 0 Å². The maximum Gasteiger partial charge on any atom is 0.314 e. The molecule has 1 aliphatic rings. The lowest BCUT2D eigenvalue weighted by Crippen LogP contribution is -2.42. The van der Waals surface area contributed by atoms with Gasteiger partial charge in [0.25, 0.3) is 0 Å². The molecule has 0 radical (unpaired) electrons. The molecule has 1 saturated carbocycles. The van der Waals surface area contributed by atoms with Gasteiger partial charge in [-0.2, -0.15) is 0 Å². The standard InChI is InChI=1S/C16H15ClN2O2/c17-12-3-1-4-13(9-12)19-14-6-5-11(10-18-14)16(15(20)21)7-2-8-16/h1,3-6,9-10H,2,7-8H2,(H,18,19)(H,20,21). The van der Waals surface area contributed by atoms with Gasteiger partial charge in [-0.1, -0.05) is 30.2 Å². The zero-order chi connectivity index (χ0) is 14.9. The van der Waals surface area contributed by atoms with Crippen LogP contribution in [0.3, 0.4) is 0 Å². The summed E-state index contributed by atoms with van der Waals surface area (Å²) in [6.07, 6.45) is 3.98. The van der Waals surface area contributed by atoms with E-state index in [4.69, 9.17) is 11.6 Å². The van der Waals surface area contributed by atoms with E-state index < -0.39 is 11.4 Å². The van der Waals surface area contributed by atoms with Crippen molar-refractivity contribution >= 4 is 29.1 Å². The zero-order valence-corrected chi connectivity index (χ0v) is 12.1. The van der Waals surface area contributed by atoms with Gasteiger partial charge in [0.15, 0.2) is 0 Å². The van der Waals surface area contributed by atoms with E-state index in [9.17, 15) is 9.90 Å². The molecule has 4 nitrogen and oxygen atoms in total. The van der Waals surface area contributed by atoms with Crippen LogP contribution in [-0.2, 0) is 10.2 Å². The zero-order valence-electron chi connectivity index (χ0n) is 11.3. The van der Waals surface area contributed by atoms with Crippen LogP contribution < -0.4 is 5.32 Å². The third kappa shape index (κ3) is 2.59. The average Bonchev–Trinajstić information content (AvgIpc) is 2.39. The fourth-order valence-corrected chi connectivity index (χ4v) is 2.81. The Kier molecular flexibility index (Phi) is 3.55. The van der Waals surface area contributed by atoms with Crippen molar-refractivity contribution in [3.8, 4) is 0 Å². The first-order chi connectivity index (χ1) is 10.1. The third-order valence-electron chi connectivity index (χ3n) is 4.03. The Morgan fingerprint density at radius 3 is 2.62 bits per heavy atom. The van der Waals surface area contributed by atoms with E-state index >= 15 is 0 Å². The number of rotatable bonds is 4. The van der Waals surface area contributed by atoms with Crippen LogP contribution in [0.1, 0.15) is 24.8 Å². The summed E-state index contributed by atoms with van der Waals surface area (Å²) in [5, 5.41) is 13.2. The summed E-state index contributed by atoms with van der Waals surface area (Å²) < 4.78 is 0. The molecule has 0 unspecified atom stereocenters. The van der Waals surface area contributed by atoms with Gasteiger partial charge in [-0.25, -0.2) is 4.98 Å². The number of hydrogen-bond acceptors (Lipinski definition) is 3. The van der Waals surface area contributed by atoms with Gasteiger partial charge < -0.3 is 10.4 Å². The predicted molar refractivity (Wildman–Crippen MR) is 82.1 cm³/mol. The molecule has 1 heterocycles. The van der Waals surface area contributed by atoms with Crippen molar-refractivity contribution in [1.29, 1.82) is 0 Å². The quantitative estimate of drug-likeness (QED) is 0.896. The maximum atomic E-state index is 11.5. The Balaban J connectivity index is 1.80. The lowest BCUT2D eigenvalue weighted by Gasteiger charge is -2.37. The summed E-state index contributed by atoms with van der Waals surface area (Å²) >= 11 is 5.93. The van der Waals surface area contributed by atoms with E-state index in [0.29, 0.717) is 23.7 Å². The monoisotopic (exact) mass is 302 g/mol. The minimum atomic E-state index is -0.758. The van der Waals surface area contributed by atoms with Crippen LogP contribution in [0.15, 0.2) is 42.6 Å². The minimum Gasteiger partial charge on any atom is -0.481 e. The highest BCUT2D eigenvalue weighted by Gasteiger charge is 2.46. The van der Waals surface area contributed by atoms with Crippen molar-refractivity contribution < 1.29 is 9.90 Å². The summed E-state index contributed by atoms with van der Waals surface area (Å²) in [5.41, 5.74) is 0.888. The normalized spacial score (nSPS) is 16.0. The van der Waals surface area contributed by atoms with Crippen LogP contribution >= 0.6 is 11.6 Å². The second-order valence-electron chi connectivity index (χ2n) is 5.31. The molecule has 1 aromatic heterocycles. The van der Waals surface area contributed by atoms with Gasteiger partial charge in [0, 0.05) is 16.9 Å². The number of anilines is 2. The minimum absolute atomic E-state index is 0.649. The average molecular weight is 303 g/mol. The molecular formula is C16H15ClN2O2. The number of nitrogens with zero attached hydrogens (tertiary/aromatic N) is 1. The number of aliphatic carboxylic acids is 1. The van der Waals surface area contributed by atoms with E-state index in [1.54, 1.807) is 18.3 Å². The number of pyridine rings is 1. The smallest absolute Gasteiger partial charge is 0.314 e. The van der Waals surface area contributed by atoms with Crippen molar-refractivity contribution in [3.05, 3.63) is 53.2 Å². The Labute approximate surface area is 127 Å². The molecule has 0 aliphatic heterocycles. The van der Waals surface area contributed by atoms with Crippen LogP contribution in [0.4, 0.5) is 11.5 Å². The molecule has 0 saturated heterocycles. The van der Waals surface area contributed by atoms with E-state index in [1.807, 2.05) is 24.3 Å². The van der Waals surface area contributed by atoms with Crippen LogP contribution in [0, 0.1) is 0 Å². The van der Waals surface area contributed by atoms with E-state index in [0.717, 1.165) is 17.7 Å². The first-order valence-corrected chi connectivity index (χ1v) is 7.20. The van der Waals surface area contributed by atoms with Gasteiger partial charge in [-0.15, -0.1) is 0 Å². The summed E-state index contributed by atoms with van der Waals surface area (Å²) in [4.78, 5) is 15.8. The van der Waals surface area contributed by atoms with Gasteiger partial charge in [-0.3, -0.25) is 4.79 Å². The number of hydrogen-bond donors (Lipinski definition) is 2. The predicted octanol–water partition coefficient (Wildman–Crippen LogP) is 3.98. The summed E-state index contributed by atoms with van der Waals surface area (Å²) in [7, 11) is 0. The number of carboxylic acid groups (broad SMARTS) is 1. The molecule has 2 N–H and O–H groups in total. The largest absolute Gasteiger partial charge is 0.481 e. The molecule has 1 fully saturated rings. The van der Waals surface area contributed by atoms with Gasteiger partial charge in [0.1, 0.15) is 5.82 Å². The highest BCUT2D eigenvalue weighted by Crippen LogP contribution is 2.43. The van der Waals surface area contributed by atoms with Crippen molar-refractivity contribution in [2.75, 3.05) is 5.32 Å². The van der Waals surface area contributed by atoms with Crippen LogP contribution in [0.5, 0.6) is 0 Å². The van der Waals surface area contributed by atoms with E-state index in [2.05, 4.69) is 10.3 Å². The molecule has 108 valence electrons. The number of halogens is 1. The lowest BCUT2D eigenvalue weighted by atomic mass is 9.65. The summed E-state index contributed by atoms with van der Waals surface area (Å²) in [6, 6.07) is 11.0. The Morgan fingerprint density at radius 1 is 1.29 bits per heavy atom. The molecule has 0 spiro atoms. The topological polar surface area (TPSA) is 62.2 Å². The number of nitrogens with one attached hydrogen (secondary N) is 1.